The van der Waals surface area contributed by atoms with Gasteiger partial charge in [-0.1, -0.05) is 0 Å². The second-order valence-corrected chi connectivity index (χ2v) is 3.71. The number of hydrogen-bond acceptors (Lipinski definition) is 2. The van der Waals surface area contributed by atoms with Crippen molar-refractivity contribution < 1.29 is 4.42 Å². The fraction of sp³-hybridized carbons (Fsp3) is 0.556. The van der Waals surface area contributed by atoms with Gasteiger partial charge < -0.3 is 9.32 Å². The van der Waals surface area contributed by atoms with Gasteiger partial charge in [-0.3, -0.25) is 0 Å². The average molecular weight is 153 g/mol. The summed E-state index contributed by atoms with van der Waals surface area (Å²) in [5.74, 6) is 0. The molecular weight excluding hydrogens is 138 g/mol. The number of anilines is 1. The summed E-state index contributed by atoms with van der Waals surface area (Å²) >= 11 is 0. The monoisotopic (exact) mass is 153 g/mol. The Morgan fingerprint density at radius 1 is 1.36 bits per heavy atom. The maximum absolute atomic E-state index is 4.99. The molecule has 0 radical (unpaired) electrons. The Labute approximate surface area is 67.8 Å². The van der Waals surface area contributed by atoms with Crippen molar-refractivity contribution in [1.82, 2.24) is 0 Å². The van der Waals surface area contributed by atoms with Crippen LogP contribution in [-0.4, -0.2) is 12.6 Å². The molecule has 2 heteroatoms. The fourth-order valence-electron chi connectivity index (χ4n) is 0.835. The van der Waals surface area contributed by atoms with Gasteiger partial charge in [-0.25, -0.2) is 0 Å². The van der Waals surface area contributed by atoms with Gasteiger partial charge in [0.15, 0.2) is 0 Å². The largest absolute Gasteiger partial charge is 0.470 e. The van der Waals surface area contributed by atoms with E-state index in [4.69, 9.17) is 4.42 Å². The van der Waals surface area contributed by atoms with Gasteiger partial charge in [0.2, 0.25) is 0 Å². The van der Waals surface area contributed by atoms with E-state index in [0.717, 1.165) is 5.69 Å². The van der Waals surface area contributed by atoms with Crippen LogP contribution < -0.4 is 4.90 Å². The second-order valence-electron chi connectivity index (χ2n) is 3.71. The average Bonchev–Trinajstić information content (AvgIpc) is 2.34. The first-order valence-electron chi connectivity index (χ1n) is 3.78. The minimum Gasteiger partial charge on any atom is -0.470 e. The van der Waals surface area contributed by atoms with E-state index in [1.54, 1.807) is 12.5 Å². The molecule has 0 saturated carbocycles. The summed E-state index contributed by atoms with van der Waals surface area (Å²) in [4.78, 5) is 2.18. The molecule has 0 aliphatic carbocycles. The number of hydrogen-bond donors (Lipinski definition) is 0. The van der Waals surface area contributed by atoms with E-state index in [2.05, 4.69) is 32.7 Å². The van der Waals surface area contributed by atoms with Gasteiger partial charge in [-0.15, -0.1) is 0 Å². The normalized spacial score (nSPS) is 11.6. The van der Waals surface area contributed by atoms with Gasteiger partial charge in [-0.05, 0) is 26.8 Å². The summed E-state index contributed by atoms with van der Waals surface area (Å²) in [6, 6.07) is 1.96. The zero-order chi connectivity index (χ0) is 8.48. The molecule has 0 amide bonds. The maximum atomic E-state index is 4.99. The van der Waals surface area contributed by atoms with E-state index in [9.17, 15) is 0 Å². The lowest BCUT2D eigenvalue weighted by Crippen LogP contribution is -2.37. The summed E-state index contributed by atoms with van der Waals surface area (Å²) in [5.41, 5.74) is 1.28. The highest BCUT2D eigenvalue weighted by Gasteiger charge is 2.17. The third-order valence-corrected chi connectivity index (χ3v) is 1.90. The lowest BCUT2D eigenvalue weighted by Gasteiger charge is -2.32. The quantitative estimate of drug-likeness (QED) is 0.616. The van der Waals surface area contributed by atoms with Crippen molar-refractivity contribution in [2.45, 2.75) is 26.3 Å². The molecule has 62 valence electrons. The molecule has 0 N–H and O–H groups in total. The van der Waals surface area contributed by atoms with Crippen molar-refractivity contribution in [3.05, 3.63) is 18.6 Å². The highest BCUT2D eigenvalue weighted by Crippen LogP contribution is 2.21. The van der Waals surface area contributed by atoms with Crippen molar-refractivity contribution in [2.24, 2.45) is 0 Å². The molecule has 11 heavy (non-hydrogen) atoms. The van der Waals surface area contributed by atoms with Crippen LogP contribution in [0.4, 0.5) is 5.69 Å². The van der Waals surface area contributed by atoms with Crippen LogP contribution >= 0.6 is 0 Å². The third kappa shape index (κ3) is 1.76. The molecule has 0 aliphatic heterocycles. The molecule has 2 nitrogen and oxygen atoms in total. The zero-order valence-corrected chi connectivity index (χ0v) is 7.59. The van der Waals surface area contributed by atoms with E-state index in [-0.39, 0.29) is 5.54 Å². The van der Waals surface area contributed by atoms with Gasteiger partial charge in [-0.2, -0.15) is 0 Å². The Balaban J connectivity index is 2.78. The Kier molecular flexibility index (Phi) is 1.94. The predicted molar refractivity (Wildman–Crippen MR) is 46.9 cm³/mol. The number of nitrogens with zero attached hydrogens (tertiary/aromatic N) is 1. The van der Waals surface area contributed by atoms with E-state index in [1.807, 2.05) is 6.07 Å². The highest BCUT2D eigenvalue weighted by molar-refractivity contribution is 5.44. The van der Waals surface area contributed by atoms with E-state index in [0.29, 0.717) is 0 Å². The summed E-state index contributed by atoms with van der Waals surface area (Å²) in [6.07, 6.45) is 3.45. The second kappa shape index (κ2) is 2.61. The number of rotatable bonds is 1. The molecule has 1 rings (SSSR count). The fourth-order valence-corrected chi connectivity index (χ4v) is 0.835. The van der Waals surface area contributed by atoms with Crippen LogP contribution in [-0.2, 0) is 0 Å². The van der Waals surface area contributed by atoms with Crippen LogP contribution in [0, 0.1) is 0 Å². The first-order chi connectivity index (χ1) is 5.02. The van der Waals surface area contributed by atoms with Crippen molar-refractivity contribution >= 4 is 5.69 Å². The van der Waals surface area contributed by atoms with Gasteiger partial charge in [0.25, 0.3) is 0 Å². The molecule has 0 spiro atoms. The minimum absolute atomic E-state index is 0.157. The molecule has 0 unspecified atom stereocenters. The van der Waals surface area contributed by atoms with Gasteiger partial charge >= 0.3 is 0 Å². The standard InChI is InChI=1S/C9H15NO/c1-9(2,3)10(4)8-5-6-11-7-8/h5-7H,1-4H3. The Morgan fingerprint density at radius 2 is 2.00 bits per heavy atom. The molecule has 1 heterocycles. The van der Waals surface area contributed by atoms with Crippen LogP contribution in [0.5, 0.6) is 0 Å². The van der Waals surface area contributed by atoms with Crippen LogP contribution in [0.25, 0.3) is 0 Å². The van der Waals surface area contributed by atoms with Crippen LogP contribution in [0.1, 0.15) is 20.8 Å². The van der Waals surface area contributed by atoms with E-state index in [1.165, 1.54) is 0 Å². The van der Waals surface area contributed by atoms with E-state index < -0.39 is 0 Å². The summed E-state index contributed by atoms with van der Waals surface area (Å²) in [6.45, 7) is 6.50. The first-order valence-corrected chi connectivity index (χ1v) is 3.78. The summed E-state index contributed by atoms with van der Waals surface area (Å²) in [5, 5.41) is 0. The highest BCUT2D eigenvalue weighted by atomic mass is 16.3. The Hall–Kier alpha value is -0.920. The molecule has 0 atom stereocenters. The lowest BCUT2D eigenvalue weighted by molar-refractivity contribution is 0.528. The van der Waals surface area contributed by atoms with Crippen LogP contribution in [0.2, 0.25) is 0 Å². The van der Waals surface area contributed by atoms with Gasteiger partial charge in [0.05, 0.1) is 12.0 Å². The maximum Gasteiger partial charge on any atom is 0.114 e. The van der Waals surface area contributed by atoms with Gasteiger partial charge in [0.1, 0.15) is 6.26 Å². The van der Waals surface area contributed by atoms with Crippen molar-refractivity contribution in [3.63, 3.8) is 0 Å². The molecular formula is C9H15NO. The van der Waals surface area contributed by atoms with Crippen molar-refractivity contribution in [3.8, 4) is 0 Å². The molecule has 0 fully saturated rings. The van der Waals surface area contributed by atoms with E-state index >= 15 is 0 Å². The Bertz CT molecular complexity index is 208. The predicted octanol–water partition coefficient (Wildman–Crippen LogP) is 2.51. The Morgan fingerprint density at radius 3 is 2.36 bits per heavy atom. The molecule has 0 aliphatic rings. The lowest BCUT2D eigenvalue weighted by atomic mass is 10.1. The first kappa shape index (κ1) is 8.18. The van der Waals surface area contributed by atoms with Crippen molar-refractivity contribution in [1.29, 1.82) is 0 Å². The SMILES string of the molecule is CN(c1ccoc1)C(C)(C)C. The zero-order valence-electron chi connectivity index (χ0n) is 7.59. The molecule has 0 saturated heterocycles. The molecule has 1 aromatic heterocycles. The summed E-state index contributed by atoms with van der Waals surface area (Å²) < 4.78 is 4.99. The number of furan rings is 1. The smallest absolute Gasteiger partial charge is 0.114 e. The van der Waals surface area contributed by atoms with Crippen molar-refractivity contribution in [2.75, 3.05) is 11.9 Å². The molecule has 0 bridgehead atoms. The summed E-state index contributed by atoms with van der Waals surface area (Å²) in [7, 11) is 2.06. The minimum atomic E-state index is 0.157. The van der Waals surface area contributed by atoms with Gasteiger partial charge in [0, 0.05) is 12.6 Å². The third-order valence-electron chi connectivity index (χ3n) is 1.90. The topological polar surface area (TPSA) is 16.4 Å². The molecule has 1 aromatic rings. The van der Waals surface area contributed by atoms with Crippen LogP contribution in [0.3, 0.4) is 0 Å². The van der Waals surface area contributed by atoms with Crippen LogP contribution in [0.15, 0.2) is 23.0 Å². The molecule has 0 aromatic carbocycles.